The maximum Gasteiger partial charge on any atom is 0.335 e. The zero-order chi connectivity index (χ0) is 12.8. The molecule has 0 bridgehead atoms. The van der Waals surface area contributed by atoms with Crippen LogP contribution in [0.2, 0.25) is 0 Å². The van der Waals surface area contributed by atoms with E-state index in [9.17, 15) is 9.90 Å². The second-order valence-corrected chi connectivity index (χ2v) is 3.44. The summed E-state index contributed by atoms with van der Waals surface area (Å²) < 4.78 is 5.05. The molecule has 1 atom stereocenters. The van der Waals surface area contributed by atoms with Gasteiger partial charge in [-0.2, -0.15) is 0 Å². The van der Waals surface area contributed by atoms with Crippen molar-refractivity contribution in [1.29, 1.82) is 0 Å². The predicted octanol–water partition coefficient (Wildman–Crippen LogP) is 0.158. The Bertz CT molecular complexity index is 393. The van der Waals surface area contributed by atoms with E-state index in [1.54, 1.807) is 0 Å². The first-order chi connectivity index (χ1) is 8.08. The van der Waals surface area contributed by atoms with Crippen molar-refractivity contribution >= 4 is 11.7 Å². The van der Waals surface area contributed by atoms with E-state index in [0.29, 0.717) is 11.4 Å². The van der Waals surface area contributed by atoms with Gasteiger partial charge in [0.25, 0.3) is 0 Å². The number of rotatable bonds is 6. The first kappa shape index (κ1) is 13.3. The molecule has 6 heteroatoms. The third-order valence-corrected chi connectivity index (χ3v) is 2.19. The first-order valence-corrected chi connectivity index (χ1v) is 5.02. The van der Waals surface area contributed by atoms with Crippen LogP contribution in [0.25, 0.3) is 0 Å². The molecule has 1 rings (SSSR count). The lowest BCUT2D eigenvalue weighted by atomic mass is 10.2. The molecule has 0 aliphatic carbocycles. The van der Waals surface area contributed by atoms with Crippen molar-refractivity contribution in [3.63, 3.8) is 0 Å². The van der Waals surface area contributed by atoms with Gasteiger partial charge in [-0.05, 0) is 18.2 Å². The summed E-state index contributed by atoms with van der Waals surface area (Å²) in [6.07, 6.45) is -0.909. The average Bonchev–Trinajstić information content (AvgIpc) is 2.35. The lowest BCUT2D eigenvalue weighted by Crippen LogP contribution is -2.23. The number of hydrogen-bond donors (Lipinski definition) is 4. The molecular formula is C11H15NO5. The van der Waals surface area contributed by atoms with Crippen LogP contribution in [0.5, 0.6) is 5.75 Å². The molecule has 1 unspecified atom stereocenters. The summed E-state index contributed by atoms with van der Waals surface area (Å²) in [4.78, 5) is 10.8. The minimum atomic E-state index is -1.04. The fourth-order valence-electron chi connectivity index (χ4n) is 1.27. The van der Waals surface area contributed by atoms with Gasteiger partial charge < -0.3 is 25.4 Å². The van der Waals surface area contributed by atoms with Gasteiger partial charge in [0.2, 0.25) is 0 Å². The molecule has 0 saturated carbocycles. The highest BCUT2D eigenvalue weighted by molar-refractivity contribution is 5.89. The molecule has 17 heavy (non-hydrogen) atoms. The number of nitrogens with one attached hydrogen (secondary N) is 1. The number of ether oxygens (including phenoxy) is 1. The Morgan fingerprint density at radius 3 is 2.76 bits per heavy atom. The summed E-state index contributed by atoms with van der Waals surface area (Å²) in [6.45, 7) is -0.260. The Labute approximate surface area is 98.5 Å². The van der Waals surface area contributed by atoms with E-state index in [1.807, 2.05) is 0 Å². The number of benzene rings is 1. The Morgan fingerprint density at radius 2 is 2.24 bits per heavy atom. The number of aliphatic hydroxyl groups excluding tert-OH is 2. The third kappa shape index (κ3) is 3.61. The van der Waals surface area contributed by atoms with Gasteiger partial charge in [0.05, 0.1) is 31.1 Å². The van der Waals surface area contributed by atoms with Gasteiger partial charge in [0.1, 0.15) is 5.75 Å². The fourth-order valence-corrected chi connectivity index (χ4v) is 1.27. The number of carbonyl (C=O) groups is 1. The predicted molar refractivity (Wildman–Crippen MR) is 61.5 cm³/mol. The second-order valence-electron chi connectivity index (χ2n) is 3.44. The Balaban J connectivity index is 2.86. The molecule has 6 nitrogen and oxygen atoms in total. The molecule has 0 spiro atoms. The summed E-state index contributed by atoms with van der Waals surface area (Å²) in [5.74, 6) is -0.571. The van der Waals surface area contributed by atoms with Gasteiger partial charge in [0, 0.05) is 6.54 Å². The molecule has 0 amide bonds. The van der Waals surface area contributed by atoms with Crippen LogP contribution in [0.15, 0.2) is 18.2 Å². The van der Waals surface area contributed by atoms with E-state index in [-0.39, 0.29) is 18.7 Å². The molecule has 0 aliphatic rings. The number of aliphatic hydroxyl groups is 2. The van der Waals surface area contributed by atoms with Crippen molar-refractivity contribution in [3.05, 3.63) is 23.8 Å². The molecule has 0 saturated heterocycles. The smallest absolute Gasteiger partial charge is 0.335 e. The zero-order valence-corrected chi connectivity index (χ0v) is 9.38. The van der Waals surface area contributed by atoms with Gasteiger partial charge in [0.15, 0.2) is 0 Å². The Morgan fingerprint density at radius 1 is 1.53 bits per heavy atom. The molecular weight excluding hydrogens is 226 g/mol. The van der Waals surface area contributed by atoms with Gasteiger partial charge in [-0.15, -0.1) is 0 Å². The standard InChI is InChI=1S/C11H15NO5/c1-17-10-3-2-7(11(15)16)4-9(10)12-5-8(14)6-13/h2-4,8,12-14H,5-6H2,1H3,(H,15,16). The van der Waals surface area contributed by atoms with Crippen molar-refractivity contribution in [2.75, 3.05) is 25.6 Å². The van der Waals surface area contributed by atoms with Crippen molar-refractivity contribution in [2.45, 2.75) is 6.10 Å². The summed E-state index contributed by atoms with van der Waals surface area (Å²) in [6, 6.07) is 4.36. The van der Waals surface area contributed by atoms with E-state index in [2.05, 4.69) is 5.32 Å². The molecule has 0 aromatic heterocycles. The second kappa shape index (κ2) is 6.07. The van der Waals surface area contributed by atoms with E-state index in [1.165, 1.54) is 25.3 Å². The Kier molecular flexibility index (Phi) is 4.74. The lowest BCUT2D eigenvalue weighted by Gasteiger charge is -2.14. The van der Waals surface area contributed by atoms with E-state index in [0.717, 1.165) is 0 Å². The highest BCUT2D eigenvalue weighted by atomic mass is 16.5. The minimum Gasteiger partial charge on any atom is -0.495 e. The minimum absolute atomic E-state index is 0.107. The van der Waals surface area contributed by atoms with Crippen LogP contribution in [0.3, 0.4) is 0 Å². The number of methoxy groups -OCH3 is 1. The van der Waals surface area contributed by atoms with Gasteiger partial charge in [-0.1, -0.05) is 0 Å². The summed E-state index contributed by atoms with van der Waals surface area (Å²) in [5, 5.41) is 29.5. The molecule has 0 heterocycles. The maximum absolute atomic E-state index is 10.8. The van der Waals surface area contributed by atoms with Gasteiger partial charge in [-0.3, -0.25) is 0 Å². The summed E-state index contributed by atoms with van der Waals surface area (Å²) in [5.41, 5.74) is 0.576. The third-order valence-electron chi connectivity index (χ3n) is 2.19. The SMILES string of the molecule is COc1ccc(C(=O)O)cc1NCC(O)CO. The molecule has 4 N–H and O–H groups in total. The molecule has 1 aromatic carbocycles. The molecule has 0 radical (unpaired) electrons. The van der Waals surface area contributed by atoms with Crippen LogP contribution < -0.4 is 10.1 Å². The quantitative estimate of drug-likeness (QED) is 0.566. The topological polar surface area (TPSA) is 99.0 Å². The molecule has 0 fully saturated rings. The monoisotopic (exact) mass is 241 g/mol. The summed E-state index contributed by atoms with van der Waals surface area (Å²) in [7, 11) is 1.46. The van der Waals surface area contributed by atoms with Crippen molar-refractivity contribution in [1.82, 2.24) is 0 Å². The zero-order valence-electron chi connectivity index (χ0n) is 9.38. The lowest BCUT2D eigenvalue weighted by molar-refractivity contribution is 0.0697. The summed E-state index contributed by atoms with van der Waals surface area (Å²) >= 11 is 0. The number of carboxylic acid groups (broad SMARTS) is 1. The largest absolute Gasteiger partial charge is 0.495 e. The van der Waals surface area contributed by atoms with Crippen LogP contribution in [0, 0.1) is 0 Å². The Hall–Kier alpha value is -1.79. The van der Waals surface area contributed by atoms with Gasteiger partial charge in [-0.25, -0.2) is 4.79 Å². The van der Waals surface area contributed by atoms with Crippen molar-refractivity contribution < 1.29 is 24.9 Å². The highest BCUT2D eigenvalue weighted by Crippen LogP contribution is 2.25. The van der Waals surface area contributed by atoms with Crippen LogP contribution in [-0.2, 0) is 0 Å². The van der Waals surface area contributed by atoms with Crippen LogP contribution in [0.1, 0.15) is 10.4 Å². The number of anilines is 1. The number of aromatic carboxylic acids is 1. The molecule has 0 aliphatic heterocycles. The normalized spacial score (nSPS) is 11.9. The fraction of sp³-hybridized carbons (Fsp3) is 0.364. The maximum atomic E-state index is 10.8. The van der Waals surface area contributed by atoms with Gasteiger partial charge >= 0.3 is 5.97 Å². The number of carboxylic acids is 1. The average molecular weight is 241 g/mol. The number of hydrogen-bond acceptors (Lipinski definition) is 5. The van der Waals surface area contributed by atoms with Crippen LogP contribution in [-0.4, -0.2) is 47.7 Å². The van der Waals surface area contributed by atoms with Crippen molar-refractivity contribution in [3.8, 4) is 5.75 Å². The van der Waals surface area contributed by atoms with Crippen LogP contribution in [0.4, 0.5) is 5.69 Å². The van der Waals surface area contributed by atoms with Crippen LogP contribution >= 0.6 is 0 Å². The van der Waals surface area contributed by atoms with E-state index < -0.39 is 12.1 Å². The molecule has 94 valence electrons. The first-order valence-electron chi connectivity index (χ1n) is 5.02. The van der Waals surface area contributed by atoms with E-state index in [4.69, 9.17) is 14.9 Å². The van der Waals surface area contributed by atoms with Crippen molar-refractivity contribution in [2.24, 2.45) is 0 Å². The van der Waals surface area contributed by atoms with E-state index >= 15 is 0 Å². The highest BCUT2D eigenvalue weighted by Gasteiger charge is 2.10. The molecule has 1 aromatic rings.